The van der Waals surface area contributed by atoms with Crippen LogP contribution in [0, 0.1) is 12.8 Å². The Bertz CT molecular complexity index is 903. The zero-order chi connectivity index (χ0) is 20.1. The summed E-state index contributed by atoms with van der Waals surface area (Å²) in [5, 5.41) is 2.84. The van der Waals surface area contributed by atoms with Crippen molar-refractivity contribution in [1.29, 1.82) is 0 Å². The molecular formula is C20H21F3N4O. The first-order chi connectivity index (χ1) is 13.2. The number of halogens is 3. The summed E-state index contributed by atoms with van der Waals surface area (Å²) < 4.78 is 40.0. The minimum absolute atomic E-state index is 0.196. The lowest BCUT2D eigenvalue weighted by Crippen LogP contribution is -2.63. The van der Waals surface area contributed by atoms with Crippen LogP contribution in [0.1, 0.15) is 37.4 Å². The first-order valence-electron chi connectivity index (χ1n) is 9.32. The van der Waals surface area contributed by atoms with Gasteiger partial charge in [-0.2, -0.15) is 13.2 Å². The predicted molar refractivity (Wildman–Crippen MR) is 98.7 cm³/mol. The van der Waals surface area contributed by atoms with Crippen molar-refractivity contribution in [2.45, 2.75) is 51.4 Å². The molecule has 2 amide bonds. The monoisotopic (exact) mass is 390 g/mol. The molecule has 1 unspecified atom stereocenters. The molecule has 8 heteroatoms. The third kappa shape index (κ3) is 3.31. The minimum atomic E-state index is -4.61. The lowest BCUT2D eigenvalue weighted by molar-refractivity contribution is -0.140. The summed E-state index contributed by atoms with van der Waals surface area (Å²) in [6, 6.07) is 5.23. The van der Waals surface area contributed by atoms with Crippen LogP contribution in [0.25, 0.3) is 11.3 Å². The highest BCUT2D eigenvalue weighted by atomic mass is 19.4. The van der Waals surface area contributed by atoms with Crippen molar-refractivity contribution in [1.82, 2.24) is 14.9 Å². The highest BCUT2D eigenvalue weighted by molar-refractivity contribution is 5.91. The first kappa shape index (κ1) is 18.7. The van der Waals surface area contributed by atoms with Gasteiger partial charge < -0.3 is 10.2 Å². The van der Waals surface area contributed by atoms with E-state index < -0.39 is 11.9 Å². The molecule has 2 aliphatic heterocycles. The smallest absolute Gasteiger partial charge is 0.318 e. The number of fused-ring (bicyclic) bond motifs is 2. The van der Waals surface area contributed by atoms with Gasteiger partial charge in [0.15, 0.2) is 5.69 Å². The number of anilines is 1. The molecule has 3 atom stereocenters. The number of alkyl halides is 3. The average Bonchev–Trinajstić information content (AvgIpc) is 2.62. The SMILES string of the molecule is Cc1ccc(NC(=O)N2[C@@H]3CC(C)C[C@H]2C3)cc1-c1nccnc1C(F)(F)F. The largest absolute Gasteiger partial charge is 0.435 e. The highest BCUT2D eigenvalue weighted by Crippen LogP contribution is 2.41. The maximum absolute atomic E-state index is 13.3. The molecule has 1 aromatic heterocycles. The van der Waals surface area contributed by atoms with Gasteiger partial charge in [-0.15, -0.1) is 0 Å². The maximum Gasteiger partial charge on any atom is 0.435 e. The molecular weight excluding hydrogens is 369 g/mol. The third-order valence-electron chi connectivity index (χ3n) is 5.63. The Morgan fingerprint density at radius 3 is 2.50 bits per heavy atom. The number of aryl methyl sites for hydroxylation is 1. The third-order valence-corrected chi connectivity index (χ3v) is 5.63. The number of carbonyl (C=O) groups excluding carboxylic acids is 1. The van der Waals surface area contributed by atoms with Gasteiger partial charge in [0.1, 0.15) is 5.69 Å². The van der Waals surface area contributed by atoms with Gasteiger partial charge in [-0.25, -0.2) is 9.78 Å². The number of amides is 2. The molecule has 28 heavy (non-hydrogen) atoms. The molecule has 148 valence electrons. The second kappa shape index (κ2) is 6.76. The quantitative estimate of drug-likeness (QED) is 0.795. The fraction of sp³-hybridized carbons (Fsp3) is 0.450. The van der Waals surface area contributed by atoms with Crippen LogP contribution in [0.15, 0.2) is 30.6 Å². The summed E-state index contributed by atoms with van der Waals surface area (Å²) in [5.41, 5.74) is 0.0998. The summed E-state index contributed by atoms with van der Waals surface area (Å²) in [7, 11) is 0. The van der Waals surface area contributed by atoms with Crippen molar-refractivity contribution in [3.8, 4) is 11.3 Å². The Morgan fingerprint density at radius 2 is 1.82 bits per heavy atom. The topological polar surface area (TPSA) is 58.1 Å². The summed E-state index contributed by atoms with van der Waals surface area (Å²) in [4.78, 5) is 21.9. The number of hydrogen-bond donors (Lipinski definition) is 1. The van der Waals surface area contributed by atoms with E-state index >= 15 is 0 Å². The number of urea groups is 1. The number of nitrogens with zero attached hydrogens (tertiary/aromatic N) is 3. The number of aromatic nitrogens is 2. The van der Waals surface area contributed by atoms with E-state index in [4.69, 9.17) is 0 Å². The van der Waals surface area contributed by atoms with E-state index in [0.717, 1.165) is 25.5 Å². The predicted octanol–water partition coefficient (Wildman–Crippen LogP) is 4.88. The summed E-state index contributed by atoms with van der Waals surface area (Å²) in [6.45, 7) is 3.90. The van der Waals surface area contributed by atoms with Gasteiger partial charge in [0.05, 0.1) is 0 Å². The summed E-state index contributed by atoms with van der Waals surface area (Å²) >= 11 is 0. The fourth-order valence-corrected chi connectivity index (χ4v) is 4.36. The highest BCUT2D eigenvalue weighted by Gasteiger charge is 2.46. The molecule has 4 rings (SSSR count). The summed E-state index contributed by atoms with van der Waals surface area (Å²) in [6.07, 6.45) is 0.677. The van der Waals surface area contributed by atoms with E-state index in [0.29, 0.717) is 22.7 Å². The van der Waals surface area contributed by atoms with Crippen molar-refractivity contribution in [2.75, 3.05) is 5.32 Å². The van der Waals surface area contributed by atoms with E-state index in [9.17, 15) is 18.0 Å². The molecule has 1 aromatic carbocycles. The number of rotatable bonds is 2. The molecule has 2 aliphatic rings. The average molecular weight is 390 g/mol. The Balaban J connectivity index is 1.60. The van der Waals surface area contributed by atoms with Crippen LogP contribution in [0.3, 0.4) is 0 Å². The van der Waals surface area contributed by atoms with Crippen molar-refractivity contribution in [3.05, 3.63) is 41.9 Å². The van der Waals surface area contributed by atoms with E-state index in [1.807, 2.05) is 4.90 Å². The van der Waals surface area contributed by atoms with Crippen molar-refractivity contribution in [3.63, 3.8) is 0 Å². The van der Waals surface area contributed by atoms with Crippen LogP contribution in [0.4, 0.5) is 23.7 Å². The molecule has 1 N–H and O–H groups in total. The van der Waals surface area contributed by atoms with Gasteiger partial charge in [-0.1, -0.05) is 13.0 Å². The van der Waals surface area contributed by atoms with Crippen LogP contribution in [-0.4, -0.2) is 33.0 Å². The Labute approximate surface area is 161 Å². The van der Waals surface area contributed by atoms with Gasteiger partial charge in [-0.3, -0.25) is 4.98 Å². The second-order valence-corrected chi connectivity index (χ2v) is 7.74. The van der Waals surface area contributed by atoms with E-state index in [1.165, 1.54) is 12.3 Å². The van der Waals surface area contributed by atoms with E-state index in [1.54, 1.807) is 19.1 Å². The molecule has 2 fully saturated rings. The standard InChI is InChI=1S/C20H21F3N4O/c1-11-7-14-10-15(8-11)27(14)19(28)26-13-4-3-12(2)16(9-13)17-18(20(21,22)23)25-6-5-24-17/h3-6,9,11,14-15H,7-8,10H2,1-2H3,(H,26,28)/t11?,14-,15+. The van der Waals surface area contributed by atoms with Crippen LogP contribution >= 0.6 is 0 Å². The molecule has 0 aliphatic carbocycles. The fourth-order valence-electron chi connectivity index (χ4n) is 4.36. The lowest BCUT2D eigenvalue weighted by atomic mass is 9.74. The minimum Gasteiger partial charge on any atom is -0.318 e. The van der Waals surface area contributed by atoms with Gasteiger partial charge in [-0.05, 0) is 49.8 Å². The Hall–Kier alpha value is -2.64. The number of nitrogens with one attached hydrogen (secondary N) is 1. The van der Waals surface area contributed by atoms with Crippen molar-refractivity contribution < 1.29 is 18.0 Å². The van der Waals surface area contributed by atoms with Crippen LogP contribution in [-0.2, 0) is 6.18 Å². The van der Waals surface area contributed by atoms with Crippen molar-refractivity contribution in [2.24, 2.45) is 5.92 Å². The zero-order valence-corrected chi connectivity index (χ0v) is 15.6. The van der Waals surface area contributed by atoms with Gasteiger partial charge in [0, 0.05) is 35.7 Å². The molecule has 5 nitrogen and oxygen atoms in total. The van der Waals surface area contributed by atoms with Crippen LogP contribution < -0.4 is 5.32 Å². The number of hydrogen-bond acceptors (Lipinski definition) is 3. The van der Waals surface area contributed by atoms with Gasteiger partial charge >= 0.3 is 12.2 Å². The van der Waals surface area contributed by atoms with Crippen LogP contribution in [0.2, 0.25) is 0 Å². The second-order valence-electron chi connectivity index (χ2n) is 7.74. The molecule has 0 spiro atoms. The zero-order valence-electron chi connectivity index (χ0n) is 15.6. The molecule has 2 bridgehead atoms. The number of carbonyl (C=O) groups is 1. The van der Waals surface area contributed by atoms with Gasteiger partial charge in [0.25, 0.3) is 0 Å². The summed E-state index contributed by atoms with van der Waals surface area (Å²) in [5.74, 6) is 0.622. The maximum atomic E-state index is 13.3. The molecule has 3 heterocycles. The molecule has 0 radical (unpaired) electrons. The first-order valence-corrected chi connectivity index (χ1v) is 9.32. The molecule has 2 saturated heterocycles. The molecule has 0 saturated carbocycles. The van der Waals surface area contributed by atoms with Gasteiger partial charge in [0.2, 0.25) is 0 Å². The Morgan fingerprint density at radius 1 is 1.14 bits per heavy atom. The Kier molecular flexibility index (Phi) is 4.51. The number of piperidine rings is 1. The van der Waals surface area contributed by atoms with Crippen molar-refractivity contribution >= 4 is 11.7 Å². The van der Waals surface area contributed by atoms with Crippen LogP contribution in [0.5, 0.6) is 0 Å². The normalized spacial score (nSPS) is 23.9. The van der Waals surface area contributed by atoms with E-state index in [2.05, 4.69) is 22.2 Å². The lowest BCUT2D eigenvalue weighted by Gasteiger charge is -2.54. The van der Waals surface area contributed by atoms with E-state index in [-0.39, 0.29) is 23.8 Å². The molecule has 2 aromatic rings. The number of benzene rings is 1.